The minimum absolute atomic E-state index is 0.127. The van der Waals surface area contributed by atoms with Gasteiger partial charge in [-0.3, -0.25) is 4.79 Å². The largest absolute Gasteiger partial charge is 0.460 e. The Labute approximate surface area is 149 Å². The molecule has 0 spiro atoms. The van der Waals surface area contributed by atoms with Crippen molar-refractivity contribution >= 4 is 23.6 Å². The van der Waals surface area contributed by atoms with Crippen LogP contribution in [0, 0.1) is 6.92 Å². The van der Waals surface area contributed by atoms with Gasteiger partial charge in [-0.1, -0.05) is 17.3 Å². The molecule has 0 radical (unpaired) electrons. The number of benzene rings is 1. The molecule has 1 aromatic heterocycles. The van der Waals surface area contributed by atoms with Crippen LogP contribution in [0.4, 0.5) is 0 Å². The second-order valence-corrected chi connectivity index (χ2v) is 6.66. The summed E-state index contributed by atoms with van der Waals surface area (Å²) in [4.78, 5) is 30.6. The van der Waals surface area contributed by atoms with Gasteiger partial charge in [-0.15, -0.1) is 11.8 Å². The smallest absolute Gasteiger partial charge is 0.339 e. The van der Waals surface area contributed by atoms with Crippen LogP contribution in [0.1, 0.15) is 34.9 Å². The van der Waals surface area contributed by atoms with Crippen molar-refractivity contribution < 1.29 is 18.8 Å². The summed E-state index contributed by atoms with van der Waals surface area (Å²) >= 11 is 1.44. The highest BCUT2D eigenvalue weighted by atomic mass is 32.2. The number of esters is 1. The van der Waals surface area contributed by atoms with Crippen LogP contribution >= 0.6 is 11.8 Å². The number of aryl methyl sites for hydroxylation is 1. The Bertz CT molecular complexity index is 762. The predicted octanol–water partition coefficient (Wildman–Crippen LogP) is 2.45. The molecular formula is C17H19N3O4S. The number of rotatable bonds is 7. The molecule has 25 heavy (non-hydrogen) atoms. The van der Waals surface area contributed by atoms with Gasteiger partial charge < -0.3 is 14.2 Å². The molecular weight excluding hydrogens is 342 g/mol. The highest BCUT2D eigenvalue weighted by molar-refractivity contribution is 7.98. The van der Waals surface area contributed by atoms with Gasteiger partial charge in [0, 0.05) is 17.9 Å². The molecule has 1 saturated heterocycles. The van der Waals surface area contributed by atoms with Gasteiger partial charge in [0.1, 0.15) is 6.61 Å². The van der Waals surface area contributed by atoms with Crippen molar-refractivity contribution in [1.82, 2.24) is 15.0 Å². The number of aromatic nitrogens is 2. The topological polar surface area (TPSA) is 85.5 Å². The van der Waals surface area contributed by atoms with Crippen LogP contribution in [-0.2, 0) is 15.3 Å². The van der Waals surface area contributed by atoms with E-state index in [1.807, 2.05) is 12.1 Å². The van der Waals surface area contributed by atoms with Crippen LogP contribution in [0.3, 0.4) is 0 Å². The number of ether oxygens (including phenoxy) is 1. The third-order valence-corrected chi connectivity index (χ3v) is 4.85. The highest BCUT2D eigenvalue weighted by Crippen LogP contribution is 2.26. The van der Waals surface area contributed by atoms with E-state index in [2.05, 4.69) is 10.1 Å². The number of likely N-dealkylation sites (tertiary alicyclic amines) is 1. The molecule has 1 aliphatic heterocycles. The Hall–Kier alpha value is -2.35. The highest BCUT2D eigenvalue weighted by Gasteiger charge is 2.20. The fourth-order valence-corrected chi connectivity index (χ4v) is 3.44. The fourth-order valence-electron chi connectivity index (χ4n) is 2.57. The second-order valence-electron chi connectivity index (χ2n) is 5.64. The maximum absolute atomic E-state index is 12.3. The van der Waals surface area contributed by atoms with E-state index in [1.54, 1.807) is 24.0 Å². The summed E-state index contributed by atoms with van der Waals surface area (Å²) in [6.07, 6.45) is 1.46. The molecule has 2 heterocycles. The normalized spacial score (nSPS) is 14.1. The van der Waals surface area contributed by atoms with Gasteiger partial charge in [0.25, 0.3) is 0 Å². The molecule has 2 aromatic rings. The minimum atomic E-state index is -0.392. The number of carbonyl (C=O) groups is 2. The maximum Gasteiger partial charge on any atom is 0.339 e. The van der Waals surface area contributed by atoms with Crippen molar-refractivity contribution in [3.63, 3.8) is 0 Å². The summed E-state index contributed by atoms with van der Waals surface area (Å²) in [6.45, 7) is 3.15. The van der Waals surface area contributed by atoms with E-state index < -0.39 is 5.97 Å². The molecule has 1 fully saturated rings. The van der Waals surface area contributed by atoms with Crippen molar-refractivity contribution in [3.8, 4) is 0 Å². The second kappa shape index (κ2) is 8.15. The number of hydrogen-bond acceptors (Lipinski definition) is 7. The molecule has 3 rings (SSSR count). The molecule has 8 heteroatoms. The Balaban J connectivity index is 1.55. The Morgan fingerprint density at radius 2 is 2.24 bits per heavy atom. The van der Waals surface area contributed by atoms with Gasteiger partial charge in [-0.2, -0.15) is 4.98 Å². The molecule has 0 atom stereocenters. The average molecular weight is 361 g/mol. The summed E-state index contributed by atoms with van der Waals surface area (Å²) in [6, 6.07) is 7.24. The predicted molar refractivity (Wildman–Crippen MR) is 91.1 cm³/mol. The number of carbonyl (C=O) groups excluding carboxylic acids is 2. The van der Waals surface area contributed by atoms with Crippen molar-refractivity contribution in [2.24, 2.45) is 0 Å². The molecule has 132 valence electrons. The maximum atomic E-state index is 12.3. The van der Waals surface area contributed by atoms with E-state index in [0.29, 0.717) is 36.0 Å². The third-order valence-electron chi connectivity index (χ3n) is 3.79. The van der Waals surface area contributed by atoms with Gasteiger partial charge in [0.2, 0.25) is 11.8 Å². The van der Waals surface area contributed by atoms with Gasteiger partial charge in [0.05, 0.1) is 17.9 Å². The molecule has 1 aliphatic rings. The van der Waals surface area contributed by atoms with Crippen LogP contribution in [-0.4, -0.2) is 46.6 Å². The zero-order valence-corrected chi connectivity index (χ0v) is 14.8. The van der Waals surface area contributed by atoms with Crippen LogP contribution in [0.2, 0.25) is 0 Å². The number of nitrogens with zero attached hydrogens (tertiary/aromatic N) is 3. The lowest BCUT2D eigenvalue weighted by Crippen LogP contribution is -2.29. The van der Waals surface area contributed by atoms with Crippen LogP contribution < -0.4 is 0 Å². The Morgan fingerprint density at radius 3 is 2.96 bits per heavy atom. The lowest BCUT2D eigenvalue weighted by Gasteiger charge is -2.15. The lowest BCUT2D eigenvalue weighted by atomic mass is 10.2. The van der Waals surface area contributed by atoms with E-state index in [1.165, 1.54) is 11.8 Å². The number of thioether (sulfide) groups is 1. The molecule has 1 amide bonds. The molecule has 1 aromatic carbocycles. The van der Waals surface area contributed by atoms with Crippen molar-refractivity contribution in [2.45, 2.75) is 30.4 Å². The molecule has 7 nitrogen and oxygen atoms in total. The van der Waals surface area contributed by atoms with E-state index in [4.69, 9.17) is 9.26 Å². The molecule has 0 unspecified atom stereocenters. The Kier molecular flexibility index (Phi) is 5.70. The summed E-state index contributed by atoms with van der Waals surface area (Å²) in [5.41, 5.74) is 0.497. The molecule has 0 N–H and O–H groups in total. The quantitative estimate of drug-likeness (QED) is 0.553. The first kappa shape index (κ1) is 17.5. The van der Waals surface area contributed by atoms with Gasteiger partial charge >= 0.3 is 5.97 Å². The average Bonchev–Trinajstić information content (AvgIpc) is 3.21. The van der Waals surface area contributed by atoms with Gasteiger partial charge in [-0.05, 0) is 25.5 Å². The monoisotopic (exact) mass is 361 g/mol. The molecule has 0 saturated carbocycles. The molecule has 0 aliphatic carbocycles. The SMILES string of the molecule is Cc1noc(CSc2ccccc2C(=O)OCCN2CCCC2=O)n1. The van der Waals surface area contributed by atoms with E-state index >= 15 is 0 Å². The summed E-state index contributed by atoms with van der Waals surface area (Å²) < 4.78 is 10.4. The first-order chi connectivity index (χ1) is 12.1. The third kappa shape index (κ3) is 4.60. The number of hydrogen-bond donors (Lipinski definition) is 0. The van der Waals surface area contributed by atoms with Gasteiger partial charge in [-0.25, -0.2) is 4.79 Å². The number of amides is 1. The van der Waals surface area contributed by atoms with Gasteiger partial charge in [0.15, 0.2) is 5.82 Å². The van der Waals surface area contributed by atoms with E-state index in [0.717, 1.165) is 17.9 Å². The van der Waals surface area contributed by atoms with Crippen molar-refractivity contribution in [3.05, 3.63) is 41.5 Å². The Morgan fingerprint density at radius 1 is 1.40 bits per heavy atom. The fraction of sp³-hybridized carbons (Fsp3) is 0.412. The first-order valence-electron chi connectivity index (χ1n) is 8.09. The summed E-state index contributed by atoms with van der Waals surface area (Å²) in [7, 11) is 0. The lowest BCUT2D eigenvalue weighted by molar-refractivity contribution is -0.128. The zero-order chi connectivity index (χ0) is 17.6. The summed E-state index contributed by atoms with van der Waals surface area (Å²) in [5.74, 6) is 1.31. The first-order valence-corrected chi connectivity index (χ1v) is 9.08. The van der Waals surface area contributed by atoms with E-state index in [9.17, 15) is 9.59 Å². The van der Waals surface area contributed by atoms with Crippen LogP contribution in [0.15, 0.2) is 33.7 Å². The van der Waals surface area contributed by atoms with Crippen LogP contribution in [0.5, 0.6) is 0 Å². The summed E-state index contributed by atoms with van der Waals surface area (Å²) in [5, 5.41) is 3.75. The van der Waals surface area contributed by atoms with E-state index in [-0.39, 0.29) is 12.5 Å². The van der Waals surface area contributed by atoms with Crippen molar-refractivity contribution in [1.29, 1.82) is 0 Å². The molecule has 0 bridgehead atoms. The standard InChI is InChI=1S/C17H19N3O4S/c1-12-18-15(24-19-12)11-25-14-6-3-2-5-13(14)17(22)23-10-9-20-8-4-7-16(20)21/h2-3,5-6H,4,7-11H2,1H3. The zero-order valence-electron chi connectivity index (χ0n) is 13.9. The van der Waals surface area contributed by atoms with Crippen molar-refractivity contribution in [2.75, 3.05) is 19.7 Å². The minimum Gasteiger partial charge on any atom is -0.460 e. The van der Waals surface area contributed by atoms with Crippen LogP contribution in [0.25, 0.3) is 0 Å².